The molecule has 1 aliphatic rings. The van der Waals surface area contributed by atoms with E-state index in [0.717, 1.165) is 49.7 Å². The molecule has 0 aromatic heterocycles. The van der Waals surface area contributed by atoms with Crippen molar-refractivity contribution < 1.29 is 14.4 Å². The van der Waals surface area contributed by atoms with Gasteiger partial charge >= 0.3 is 0 Å². The number of carbonyl (C=O) groups excluding carboxylic acids is 3. The maximum atomic E-state index is 13.9. The van der Waals surface area contributed by atoms with E-state index < -0.39 is 0 Å². The second-order valence-electron chi connectivity index (χ2n) is 13.4. The fourth-order valence-corrected chi connectivity index (χ4v) is 7.86. The van der Waals surface area contributed by atoms with Crippen molar-refractivity contribution in [2.45, 2.75) is 126 Å². The Morgan fingerprint density at radius 1 is 0.905 bits per heavy atom. The van der Waals surface area contributed by atoms with Crippen LogP contribution >= 0.6 is 0 Å². The van der Waals surface area contributed by atoms with Crippen LogP contribution in [-0.2, 0) is 28.9 Å². The largest absolute Gasteiger partial charge is 0.300 e. The molecule has 0 amide bonds. The quantitative estimate of drug-likeness (QED) is 0.149. The first-order valence-electron chi connectivity index (χ1n) is 16.9. The van der Waals surface area contributed by atoms with Gasteiger partial charge in [-0.2, -0.15) is 0 Å². The van der Waals surface area contributed by atoms with E-state index in [1.54, 1.807) is 0 Å². The summed E-state index contributed by atoms with van der Waals surface area (Å²) in [4.78, 5) is 39.2. The number of hydrogen-bond acceptors (Lipinski definition) is 3. The molecule has 0 saturated carbocycles. The highest BCUT2D eigenvalue weighted by atomic mass is 16.1. The number of ketones is 3. The lowest BCUT2D eigenvalue weighted by Gasteiger charge is -2.38. The Morgan fingerprint density at radius 2 is 1.64 bits per heavy atom. The van der Waals surface area contributed by atoms with E-state index in [1.807, 2.05) is 0 Å². The van der Waals surface area contributed by atoms with Gasteiger partial charge in [-0.3, -0.25) is 14.4 Å². The highest BCUT2D eigenvalue weighted by Crippen LogP contribution is 2.43. The Labute approximate surface area is 256 Å². The van der Waals surface area contributed by atoms with Gasteiger partial charge in [-0.15, -0.1) is 0 Å². The molecule has 0 saturated heterocycles. The van der Waals surface area contributed by atoms with Crippen LogP contribution in [0.4, 0.5) is 0 Å². The van der Waals surface area contributed by atoms with Gasteiger partial charge < -0.3 is 0 Å². The number of hydrogen-bond donors (Lipinski definition) is 0. The minimum atomic E-state index is -0.138. The summed E-state index contributed by atoms with van der Waals surface area (Å²) in [5.74, 6) is 1.32. The Balaban J connectivity index is 2.05. The number of aryl methyl sites for hydroxylation is 3. The average Bonchev–Trinajstić information content (AvgIpc) is 2.93. The highest BCUT2D eigenvalue weighted by Gasteiger charge is 2.38. The maximum Gasteiger partial charge on any atom is 0.163 e. The number of fused-ring (bicyclic) bond motifs is 1. The molecule has 230 valence electrons. The van der Waals surface area contributed by atoms with Crippen molar-refractivity contribution in [3.05, 3.63) is 58.1 Å². The van der Waals surface area contributed by atoms with Gasteiger partial charge in [-0.25, -0.2) is 0 Å². The monoisotopic (exact) mass is 572 g/mol. The lowest BCUT2D eigenvalue weighted by atomic mass is 9.65. The van der Waals surface area contributed by atoms with Gasteiger partial charge in [0.25, 0.3) is 0 Å². The third kappa shape index (κ3) is 8.08. The molecule has 3 heteroatoms. The van der Waals surface area contributed by atoms with Crippen molar-refractivity contribution >= 4 is 17.3 Å². The van der Waals surface area contributed by atoms with Gasteiger partial charge in [0.2, 0.25) is 0 Å². The summed E-state index contributed by atoms with van der Waals surface area (Å²) < 4.78 is 0. The summed E-state index contributed by atoms with van der Waals surface area (Å²) in [7, 11) is 0. The minimum absolute atomic E-state index is 0.0215. The molecule has 0 bridgehead atoms. The van der Waals surface area contributed by atoms with Crippen LogP contribution in [-0.4, -0.2) is 17.3 Å². The van der Waals surface area contributed by atoms with E-state index in [-0.39, 0.29) is 41.5 Å². The zero-order chi connectivity index (χ0) is 31.0. The Kier molecular flexibility index (Phi) is 12.8. The first-order chi connectivity index (χ1) is 20.1. The third-order valence-corrected chi connectivity index (χ3v) is 9.96. The van der Waals surface area contributed by atoms with Gasteiger partial charge in [-0.05, 0) is 109 Å². The second kappa shape index (κ2) is 15.8. The summed E-state index contributed by atoms with van der Waals surface area (Å²) in [6.07, 6.45) is 9.72. The van der Waals surface area contributed by atoms with Crippen LogP contribution < -0.4 is 0 Å². The van der Waals surface area contributed by atoms with Gasteiger partial charge in [0.05, 0.1) is 6.42 Å². The number of carbonyl (C=O) groups is 3. The first-order valence-corrected chi connectivity index (χ1v) is 16.9. The summed E-state index contributed by atoms with van der Waals surface area (Å²) >= 11 is 0. The molecule has 0 fully saturated rings. The number of unbranched alkanes of at least 4 members (excludes halogenated alkanes) is 2. The van der Waals surface area contributed by atoms with Gasteiger partial charge in [-0.1, -0.05) is 91.1 Å². The third-order valence-electron chi connectivity index (χ3n) is 9.96. The van der Waals surface area contributed by atoms with Crippen LogP contribution in [0.15, 0.2) is 30.3 Å². The van der Waals surface area contributed by atoms with Crippen molar-refractivity contribution in [3.63, 3.8) is 0 Å². The molecule has 3 nitrogen and oxygen atoms in total. The molecule has 0 heterocycles. The van der Waals surface area contributed by atoms with E-state index in [2.05, 4.69) is 78.8 Å². The molecule has 0 spiro atoms. The van der Waals surface area contributed by atoms with Crippen LogP contribution in [0, 0.1) is 36.5 Å². The smallest absolute Gasteiger partial charge is 0.163 e. The molecule has 4 unspecified atom stereocenters. The van der Waals surface area contributed by atoms with Gasteiger partial charge in [0.1, 0.15) is 11.6 Å². The predicted molar refractivity (Wildman–Crippen MR) is 176 cm³/mol. The topological polar surface area (TPSA) is 51.2 Å². The SMILES string of the molecule is CCCCCc1ccc(CC)c(-c2ccc(C)c3c2CC(CC(C(CC)C(=O)CC(C)=O)C(CC)C(C)C)CC3=O)c1. The standard InChI is InChI=1S/C39H56O3/c1-9-13-14-15-28-17-18-30(10-2)34(21-28)33-19-16-26(7)39-36(33)23-29(24-38(39)42)22-35(31(11-3)25(5)6)32(12-4)37(41)20-27(8)40/h16-19,21,25,29,31-32,35H,9-15,20,22-24H2,1-8H3. The van der Waals surface area contributed by atoms with Crippen molar-refractivity contribution in [3.8, 4) is 11.1 Å². The molecular formula is C39H56O3. The summed E-state index contributed by atoms with van der Waals surface area (Å²) in [6.45, 7) is 16.9. The van der Waals surface area contributed by atoms with Gasteiger partial charge in [0.15, 0.2) is 5.78 Å². The lowest BCUT2D eigenvalue weighted by Crippen LogP contribution is -2.35. The van der Waals surface area contributed by atoms with Crippen molar-refractivity contribution in [1.29, 1.82) is 0 Å². The van der Waals surface area contributed by atoms with E-state index in [1.165, 1.54) is 54.0 Å². The normalized spacial score (nSPS) is 17.2. The van der Waals surface area contributed by atoms with Gasteiger partial charge in [0, 0.05) is 17.9 Å². The van der Waals surface area contributed by atoms with Crippen LogP contribution in [0.2, 0.25) is 0 Å². The number of Topliss-reactive ketones (excluding diaryl/α,β-unsaturated/α-hetero) is 3. The van der Waals surface area contributed by atoms with Crippen molar-refractivity contribution in [2.75, 3.05) is 0 Å². The molecule has 4 atom stereocenters. The van der Waals surface area contributed by atoms with Crippen LogP contribution in [0.1, 0.15) is 132 Å². The van der Waals surface area contributed by atoms with Crippen LogP contribution in [0.3, 0.4) is 0 Å². The van der Waals surface area contributed by atoms with Crippen molar-refractivity contribution in [2.24, 2.45) is 29.6 Å². The molecule has 2 aromatic carbocycles. The minimum Gasteiger partial charge on any atom is -0.300 e. The molecule has 2 aromatic rings. The van der Waals surface area contributed by atoms with E-state index >= 15 is 0 Å². The zero-order valence-electron chi connectivity index (χ0n) is 27.8. The second-order valence-corrected chi connectivity index (χ2v) is 13.4. The molecule has 3 rings (SSSR count). The molecule has 0 N–H and O–H groups in total. The molecule has 0 aliphatic heterocycles. The fourth-order valence-electron chi connectivity index (χ4n) is 7.86. The van der Waals surface area contributed by atoms with E-state index in [0.29, 0.717) is 18.3 Å². The molecule has 42 heavy (non-hydrogen) atoms. The van der Waals surface area contributed by atoms with E-state index in [4.69, 9.17) is 0 Å². The molecule has 1 aliphatic carbocycles. The number of rotatable bonds is 16. The fraction of sp³-hybridized carbons (Fsp3) is 0.615. The Hall–Kier alpha value is -2.55. The number of benzene rings is 2. The maximum absolute atomic E-state index is 13.9. The molecular weight excluding hydrogens is 516 g/mol. The molecule has 0 radical (unpaired) electrons. The first kappa shape index (κ1) is 33.9. The lowest BCUT2D eigenvalue weighted by molar-refractivity contribution is -0.130. The van der Waals surface area contributed by atoms with Crippen LogP contribution in [0.5, 0.6) is 0 Å². The predicted octanol–water partition coefficient (Wildman–Crippen LogP) is 9.97. The summed E-state index contributed by atoms with van der Waals surface area (Å²) in [5.41, 5.74) is 8.41. The highest BCUT2D eigenvalue weighted by molar-refractivity contribution is 6.02. The average molecular weight is 573 g/mol. The van der Waals surface area contributed by atoms with Crippen LogP contribution in [0.25, 0.3) is 11.1 Å². The Bertz CT molecular complexity index is 1240. The van der Waals surface area contributed by atoms with Crippen molar-refractivity contribution in [1.82, 2.24) is 0 Å². The summed E-state index contributed by atoms with van der Waals surface area (Å²) in [6, 6.07) is 11.4. The Morgan fingerprint density at radius 3 is 2.24 bits per heavy atom. The zero-order valence-corrected chi connectivity index (χ0v) is 27.8. The van der Waals surface area contributed by atoms with E-state index in [9.17, 15) is 14.4 Å². The summed E-state index contributed by atoms with van der Waals surface area (Å²) in [5, 5.41) is 0.